The number of fused-ring (bicyclic) bond motifs is 1. The summed E-state index contributed by atoms with van der Waals surface area (Å²) in [6.07, 6.45) is 6.68. The second-order valence-electron chi connectivity index (χ2n) is 6.94. The number of ether oxygens (including phenoxy) is 1. The molecule has 2 aromatic rings. The van der Waals surface area contributed by atoms with Gasteiger partial charge in [-0.15, -0.1) is 0 Å². The van der Waals surface area contributed by atoms with Crippen molar-refractivity contribution in [2.24, 2.45) is 5.92 Å². The number of hydrogen-bond donors (Lipinski definition) is 1. The number of carbonyl (C=O) groups excluding carboxylic acids is 1. The van der Waals surface area contributed by atoms with E-state index < -0.39 is 0 Å². The van der Waals surface area contributed by atoms with Crippen molar-refractivity contribution in [3.05, 3.63) is 41.1 Å². The Bertz CT molecular complexity index is 805. The summed E-state index contributed by atoms with van der Waals surface area (Å²) < 4.78 is 5.36. The van der Waals surface area contributed by atoms with Gasteiger partial charge in [0.25, 0.3) is 0 Å². The zero-order chi connectivity index (χ0) is 16.7. The van der Waals surface area contributed by atoms with E-state index in [4.69, 9.17) is 4.74 Å². The number of likely N-dealkylation sites (tertiary alicyclic amines) is 1. The number of H-pyrrole nitrogens is 1. The molecule has 1 aliphatic carbocycles. The highest BCUT2D eigenvalue weighted by atomic mass is 16.5. The molecule has 4 rings (SSSR count). The minimum absolute atomic E-state index is 0.191. The number of aromatic nitrogens is 1. The van der Waals surface area contributed by atoms with E-state index in [2.05, 4.69) is 47.3 Å². The van der Waals surface area contributed by atoms with E-state index >= 15 is 0 Å². The molecular weight excluding hydrogens is 300 g/mol. The van der Waals surface area contributed by atoms with Gasteiger partial charge in [-0.25, -0.2) is 0 Å². The average Bonchev–Trinajstić information content (AvgIpc) is 3.05. The van der Waals surface area contributed by atoms with E-state index in [1.54, 1.807) is 0 Å². The maximum Gasteiger partial charge on any atom is 0.302 e. The Morgan fingerprint density at radius 1 is 1.42 bits per heavy atom. The third-order valence-electron chi connectivity index (χ3n) is 5.31. The molecule has 1 aliphatic heterocycles. The van der Waals surface area contributed by atoms with Gasteiger partial charge >= 0.3 is 5.97 Å². The summed E-state index contributed by atoms with van der Waals surface area (Å²) in [5.74, 6) is 0.108. The maximum atomic E-state index is 11.3. The van der Waals surface area contributed by atoms with Crippen LogP contribution in [0, 0.1) is 5.92 Å². The fourth-order valence-corrected chi connectivity index (χ4v) is 4.32. The molecule has 0 bridgehead atoms. The van der Waals surface area contributed by atoms with Gasteiger partial charge in [-0.2, -0.15) is 0 Å². The van der Waals surface area contributed by atoms with Crippen LogP contribution in [0.5, 0.6) is 0 Å². The molecule has 0 spiro atoms. The van der Waals surface area contributed by atoms with E-state index in [1.807, 2.05) is 0 Å². The van der Waals surface area contributed by atoms with Crippen LogP contribution >= 0.6 is 0 Å². The monoisotopic (exact) mass is 324 g/mol. The fourth-order valence-electron chi connectivity index (χ4n) is 4.32. The molecule has 1 aromatic heterocycles. The molecule has 4 nitrogen and oxygen atoms in total. The van der Waals surface area contributed by atoms with Crippen LogP contribution in [-0.4, -0.2) is 41.6 Å². The van der Waals surface area contributed by atoms with Crippen molar-refractivity contribution >= 4 is 22.9 Å². The van der Waals surface area contributed by atoms with Crippen LogP contribution in [0.15, 0.2) is 30.0 Å². The summed E-state index contributed by atoms with van der Waals surface area (Å²) in [6.45, 7) is 6.27. The number of esters is 1. The molecule has 2 aliphatic rings. The van der Waals surface area contributed by atoms with Gasteiger partial charge in [0.05, 0.1) is 6.61 Å². The first-order valence-electron chi connectivity index (χ1n) is 8.85. The highest BCUT2D eigenvalue weighted by Gasteiger charge is 2.38. The van der Waals surface area contributed by atoms with Gasteiger partial charge in [-0.05, 0) is 42.2 Å². The maximum absolute atomic E-state index is 11.3. The predicted molar refractivity (Wildman–Crippen MR) is 95.8 cm³/mol. The number of nitrogens with zero attached hydrogens (tertiary/aromatic N) is 1. The highest BCUT2D eigenvalue weighted by Crippen LogP contribution is 2.39. The molecule has 0 amide bonds. The van der Waals surface area contributed by atoms with E-state index in [-0.39, 0.29) is 5.97 Å². The molecule has 0 radical (unpaired) electrons. The van der Waals surface area contributed by atoms with Gasteiger partial charge < -0.3 is 9.72 Å². The second-order valence-corrected chi connectivity index (χ2v) is 6.94. The van der Waals surface area contributed by atoms with Crippen LogP contribution in [0.2, 0.25) is 0 Å². The Balaban J connectivity index is 1.76. The molecule has 1 N–H and O–H groups in total. The zero-order valence-corrected chi connectivity index (χ0v) is 14.3. The lowest BCUT2D eigenvalue weighted by Gasteiger charge is -2.23. The molecule has 0 unspecified atom stereocenters. The van der Waals surface area contributed by atoms with Gasteiger partial charge in [0.1, 0.15) is 0 Å². The first kappa shape index (κ1) is 15.5. The van der Waals surface area contributed by atoms with Crippen LogP contribution in [0.3, 0.4) is 0 Å². The first-order valence-corrected chi connectivity index (χ1v) is 8.85. The van der Waals surface area contributed by atoms with Crippen molar-refractivity contribution < 1.29 is 9.53 Å². The Morgan fingerprint density at radius 3 is 3.08 bits per heavy atom. The third kappa shape index (κ3) is 2.55. The standard InChI is InChI=1S/C20H24N2O2/c1-3-7-22-11-16(12-24-13(2)23)17-8-14-5-4-6-18-20(14)15(10-21-18)9-19(17)22/h4-6,8,10,16,19,21H,3,7,9,11-12H2,1-2H3/t16-,19-/m1/s1. The average molecular weight is 324 g/mol. The minimum Gasteiger partial charge on any atom is -0.465 e. The molecular formula is C20H24N2O2. The summed E-state index contributed by atoms with van der Waals surface area (Å²) in [6, 6.07) is 6.86. The van der Waals surface area contributed by atoms with Crippen molar-refractivity contribution in [1.29, 1.82) is 0 Å². The van der Waals surface area contributed by atoms with Gasteiger partial charge in [0.15, 0.2) is 0 Å². The highest BCUT2D eigenvalue weighted by molar-refractivity contribution is 5.93. The van der Waals surface area contributed by atoms with Gasteiger partial charge in [-0.3, -0.25) is 9.69 Å². The van der Waals surface area contributed by atoms with Crippen LogP contribution in [0.1, 0.15) is 31.4 Å². The molecule has 2 atom stereocenters. The lowest BCUT2D eigenvalue weighted by molar-refractivity contribution is -0.141. The first-order chi connectivity index (χ1) is 11.7. The number of hydrogen-bond acceptors (Lipinski definition) is 3. The Labute approximate surface area is 142 Å². The van der Waals surface area contributed by atoms with Crippen LogP contribution in [-0.2, 0) is 16.0 Å². The summed E-state index contributed by atoms with van der Waals surface area (Å²) in [4.78, 5) is 17.2. The lowest BCUT2D eigenvalue weighted by Crippen LogP contribution is -2.32. The van der Waals surface area contributed by atoms with E-state index in [9.17, 15) is 4.79 Å². The molecule has 1 fully saturated rings. The quantitative estimate of drug-likeness (QED) is 0.877. The molecule has 4 heteroatoms. The molecule has 0 saturated carbocycles. The Kier molecular flexibility index (Phi) is 3.93. The van der Waals surface area contributed by atoms with E-state index in [0.29, 0.717) is 18.6 Å². The predicted octanol–water partition coefficient (Wildman–Crippen LogP) is 3.38. The summed E-state index contributed by atoms with van der Waals surface area (Å²) in [5, 5.41) is 1.35. The number of aromatic amines is 1. The van der Waals surface area contributed by atoms with Crippen LogP contribution < -0.4 is 0 Å². The van der Waals surface area contributed by atoms with Crippen LogP contribution in [0.25, 0.3) is 17.0 Å². The summed E-state index contributed by atoms with van der Waals surface area (Å²) >= 11 is 0. The van der Waals surface area contributed by atoms with Gasteiger partial charge in [-0.1, -0.05) is 25.1 Å². The van der Waals surface area contributed by atoms with E-state index in [0.717, 1.165) is 25.9 Å². The van der Waals surface area contributed by atoms with Crippen LogP contribution in [0.4, 0.5) is 0 Å². The summed E-state index contributed by atoms with van der Waals surface area (Å²) in [7, 11) is 0. The number of nitrogens with one attached hydrogen (secondary N) is 1. The van der Waals surface area contributed by atoms with Crippen molar-refractivity contribution in [2.75, 3.05) is 19.7 Å². The molecule has 126 valence electrons. The van der Waals surface area contributed by atoms with Crippen molar-refractivity contribution in [2.45, 2.75) is 32.7 Å². The number of carbonyl (C=O) groups is 1. The smallest absolute Gasteiger partial charge is 0.302 e. The fraction of sp³-hybridized carbons (Fsp3) is 0.450. The minimum atomic E-state index is -0.191. The Hall–Kier alpha value is -2.07. The second kappa shape index (κ2) is 6.10. The van der Waals surface area contributed by atoms with Gasteiger partial charge in [0, 0.05) is 42.5 Å². The molecule has 1 aromatic carbocycles. The molecule has 1 saturated heterocycles. The van der Waals surface area contributed by atoms with E-state index in [1.165, 1.54) is 34.5 Å². The van der Waals surface area contributed by atoms with Crippen molar-refractivity contribution in [3.8, 4) is 0 Å². The summed E-state index contributed by atoms with van der Waals surface area (Å²) in [5.41, 5.74) is 5.31. The Morgan fingerprint density at radius 2 is 2.29 bits per heavy atom. The lowest BCUT2D eigenvalue weighted by atomic mass is 9.95. The number of benzene rings is 1. The molecule has 2 heterocycles. The SMILES string of the molecule is CCCN1C[C@H](COC(C)=O)C2=Cc3cccc4[nH]cc(c34)C[C@H]21. The zero-order valence-electron chi connectivity index (χ0n) is 14.3. The largest absolute Gasteiger partial charge is 0.465 e. The van der Waals surface area contributed by atoms with Crippen molar-refractivity contribution in [3.63, 3.8) is 0 Å². The van der Waals surface area contributed by atoms with Crippen molar-refractivity contribution in [1.82, 2.24) is 9.88 Å². The van der Waals surface area contributed by atoms with Gasteiger partial charge in [0.2, 0.25) is 0 Å². The molecule has 24 heavy (non-hydrogen) atoms. The third-order valence-corrected chi connectivity index (χ3v) is 5.31. The number of rotatable bonds is 4. The topological polar surface area (TPSA) is 45.3 Å². The normalized spacial score (nSPS) is 23.0.